The van der Waals surface area contributed by atoms with Crippen molar-refractivity contribution in [3.8, 4) is 5.75 Å². The highest BCUT2D eigenvalue weighted by atomic mass is 32.2. The van der Waals surface area contributed by atoms with E-state index in [1.807, 2.05) is 0 Å². The van der Waals surface area contributed by atoms with E-state index in [1.165, 1.54) is 31.4 Å². The van der Waals surface area contributed by atoms with Gasteiger partial charge < -0.3 is 4.74 Å². The summed E-state index contributed by atoms with van der Waals surface area (Å²) in [6, 6.07) is 15.9. The number of aromatic nitrogens is 1. The Balaban J connectivity index is 2.09. The molecule has 3 aromatic rings. The van der Waals surface area contributed by atoms with Gasteiger partial charge in [-0.3, -0.25) is 9.29 Å². The van der Waals surface area contributed by atoms with Crippen LogP contribution < -0.4 is 9.04 Å². The summed E-state index contributed by atoms with van der Waals surface area (Å²) >= 11 is 0. The first-order valence-electron chi connectivity index (χ1n) is 11.2. The fourth-order valence-electron chi connectivity index (χ4n) is 3.62. The van der Waals surface area contributed by atoms with Gasteiger partial charge in [-0.1, -0.05) is 48.6 Å². The van der Waals surface area contributed by atoms with Crippen molar-refractivity contribution in [3.63, 3.8) is 0 Å². The molecule has 0 amide bonds. The second kappa shape index (κ2) is 12.1. The number of sulfonamides is 1. The lowest BCUT2D eigenvalue weighted by molar-refractivity contribution is -0.130. The minimum absolute atomic E-state index is 0.0678. The van der Waals surface area contributed by atoms with Crippen molar-refractivity contribution in [2.45, 2.75) is 24.0 Å². The summed E-state index contributed by atoms with van der Waals surface area (Å²) in [6.07, 6.45) is 2.35. The zero-order valence-corrected chi connectivity index (χ0v) is 20.8. The molecule has 1 unspecified atom stereocenters. The minimum atomic E-state index is -4.44. The Hall–Kier alpha value is -3.66. The lowest BCUT2D eigenvalue weighted by Gasteiger charge is -2.30. The molecule has 0 fully saturated rings. The fraction of sp³-hybridized carbons (Fsp3) is 0.222. The van der Waals surface area contributed by atoms with Gasteiger partial charge in [0.25, 0.3) is 0 Å². The highest BCUT2D eigenvalue weighted by Gasteiger charge is 2.42. The van der Waals surface area contributed by atoms with E-state index in [0.29, 0.717) is 16.9 Å². The van der Waals surface area contributed by atoms with Gasteiger partial charge in [-0.15, -0.1) is 6.58 Å². The maximum absolute atomic E-state index is 13.9. The minimum Gasteiger partial charge on any atom is -0.497 e. The van der Waals surface area contributed by atoms with Crippen LogP contribution in [0.25, 0.3) is 12.2 Å². The second-order valence-corrected chi connectivity index (χ2v) is 10.0. The zero-order chi connectivity index (χ0) is 27.1. The summed E-state index contributed by atoms with van der Waals surface area (Å²) in [5.74, 6) is -3.89. The van der Waals surface area contributed by atoms with Gasteiger partial charge >= 0.3 is 12.3 Å². The van der Waals surface area contributed by atoms with Gasteiger partial charge in [-0.25, -0.2) is 26.0 Å². The Morgan fingerprint density at radius 2 is 1.68 bits per heavy atom. The molecule has 0 aliphatic carbocycles. The number of anilines is 1. The first-order valence-corrected chi connectivity index (χ1v) is 12.7. The number of alkyl halides is 4. The van der Waals surface area contributed by atoms with Crippen LogP contribution in [0.3, 0.4) is 0 Å². The van der Waals surface area contributed by atoms with E-state index in [9.17, 15) is 26.0 Å². The fourth-order valence-corrected chi connectivity index (χ4v) is 5.43. The number of nitrogens with zero attached hydrogens (tertiary/aromatic N) is 2. The van der Waals surface area contributed by atoms with Crippen LogP contribution in [0, 0.1) is 0 Å². The van der Waals surface area contributed by atoms with Crippen molar-refractivity contribution >= 4 is 27.9 Å². The molecule has 0 bridgehead atoms. The average molecular weight is 535 g/mol. The highest BCUT2D eigenvalue weighted by molar-refractivity contribution is 7.93. The van der Waals surface area contributed by atoms with E-state index in [4.69, 9.17) is 4.74 Å². The number of methoxy groups -OCH3 is 1. The molecule has 0 spiro atoms. The van der Waals surface area contributed by atoms with Crippen molar-refractivity contribution in [1.29, 1.82) is 0 Å². The van der Waals surface area contributed by atoms with Crippen molar-refractivity contribution in [3.05, 3.63) is 102 Å². The molecular formula is C27H26F4N2O3S. The maximum atomic E-state index is 13.9. The number of halogens is 4. The molecule has 0 radical (unpaired) electrons. The van der Waals surface area contributed by atoms with Crippen LogP contribution in [0.4, 0.5) is 23.2 Å². The van der Waals surface area contributed by atoms with E-state index in [-0.39, 0.29) is 5.69 Å². The van der Waals surface area contributed by atoms with E-state index < -0.39 is 40.6 Å². The summed E-state index contributed by atoms with van der Waals surface area (Å²) < 4.78 is 87.4. The summed E-state index contributed by atoms with van der Waals surface area (Å²) in [5.41, 5.74) is 1.54. The SMILES string of the molecule is C=CC(c1ccc(OC)cc1)S(=O)(=O)N(CCC(F)(F)C(F)F)c1ccccc1C=Cc1ccncc1. The molecule has 1 heterocycles. The van der Waals surface area contributed by atoms with Gasteiger partial charge in [-0.05, 0) is 47.0 Å². The average Bonchev–Trinajstić information content (AvgIpc) is 2.89. The molecule has 0 saturated heterocycles. The number of pyridine rings is 1. The van der Waals surface area contributed by atoms with Crippen LogP contribution in [0.2, 0.25) is 0 Å². The van der Waals surface area contributed by atoms with E-state index in [1.54, 1.807) is 67.0 Å². The molecule has 10 heteroatoms. The van der Waals surface area contributed by atoms with Gasteiger partial charge in [0, 0.05) is 25.4 Å². The number of para-hydroxylation sites is 1. The van der Waals surface area contributed by atoms with Crippen LogP contribution >= 0.6 is 0 Å². The van der Waals surface area contributed by atoms with E-state index in [2.05, 4.69) is 11.6 Å². The van der Waals surface area contributed by atoms with Crippen molar-refractivity contribution in [2.75, 3.05) is 18.0 Å². The van der Waals surface area contributed by atoms with Gasteiger partial charge in [0.05, 0.1) is 12.8 Å². The Labute approximate surface area is 213 Å². The Morgan fingerprint density at radius 1 is 1.03 bits per heavy atom. The van der Waals surface area contributed by atoms with Crippen molar-refractivity contribution in [1.82, 2.24) is 4.98 Å². The standard InChI is InChI=1S/C27H26F4N2O3S/c1-3-25(22-10-12-23(36-2)13-11-22)37(34,35)33(19-16-27(30,31)26(28)29)24-7-5-4-6-21(24)9-8-20-14-17-32-18-15-20/h3-15,17-18,25-26H,1,16,19H2,2H3. The van der Waals surface area contributed by atoms with Gasteiger partial charge in [0.2, 0.25) is 10.0 Å². The van der Waals surface area contributed by atoms with Crippen LogP contribution in [0.5, 0.6) is 5.75 Å². The predicted octanol–water partition coefficient (Wildman–Crippen LogP) is 6.61. The molecule has 5 nitrogen and oxygen atoms in total. The zero-order valence-electron chi connectivity index (χ0n) is 20.0. The Kier molecular flexibility index (Phi) is 9.09. The Morgan fingerprint density at radius 3 is 2.27 bits per heavy atom. The van der Waals surface area contributed by atoms with Crippen molar-refractivity contribution in [2.24, 2.45) is 0 Å². The lowest BCUT2D eigenvalue weighted by Crippen LogP contribution is -2.39. The molecule has 0 saturated carbocycles. The molecule has 0 N–H and O–H groups in total. The third kappa shape index (κ3) is 6.76. The summed E-state index contributed by atoms with van der Waals surface area (Å²) in [7, 11) is -2.98. The second-order valence-electron chi connectivity index (χ2n) is 8.03. The summed E-state index contributed by atoms with van der Waals surface area (Å²) in [4.78, 5) is 3.94. The van der Waals surface area contributed by atoms with E-state index in [0.717, 1.165) is 9.87 Å². The number of hydrogen-bond donors (Lipinski definition) is 0. The smallest absolute Gasteiger partial charge is 0.309 e. The number of ether oxygens (including phenoxy) is 1. The van der Waals surface area contributed by atoms with Gasteiger partial charge in [0.1, 0.15) is 11.0 Å². The molecule has 1 aromatic heterocycles. The van der Waals surface area contributed by atoms with Crippen LogP contribution in [-0.2, 0) is 10.0 Å². The monoisotopic (exact) mass is 534 g/mol. The first kappa shape index (κ1) is 27.9. The summed E-state index contributed by atoms with van der Waals surface area (Å²) in [6.45, 7) is 2.76. The number of benzene rings is 2. The summed E-state index contributed by atoms with van der Waals surface area (Å²) in [5, 5.41) is -1.34. The largest absolute Gasteiger partial charge is 0.497 e. The third-order valence-electron chi connectivity index (χ3n) is 5.62. The molecule has 0 aliphatic rings. The number of hydrogen-bond acceptors (Lipinski definition) is 4. The molecule has 2 aromatic carbocycles. The van der Waals surface area contributed by atoms with Gasteiger partial charge in [0.15, 0.2) is 0 Å². The van der Waals surface area contributed by atoms with Crippen LogP contribution in [-0.4, -0.2) is 39.4 Å². The van der Waals surface area contributed by atoms with Crippen molar-refractivity contribution < 1.29 is 30.7 Å². The number of rotatable bonds is 12. The molecule has 196 valence electrons. The molecular weight excluding hydrogens is 508 g/mol. The topological polar surface area (TPSA) is 59.5 Å². The maximum Gasteiger partial charge on any atom is 0.309 e. The first-order chi connectivity index (χ1) is 17.6. The normalized spacial score (nSPS) is 13.0. The quantitative estimate of drug-likeness (QED) is 0.194. The van der Waals surface area contributed by atoms with Crippen LogP contribution in [0.15, 0.2) is 85.7 Å². The molecule has 3 rings (SSSR count). The highest BCUT2D eigenvalue weighted by Crippen LogP contribution is 2.36. The Bertz CT molecular complexity index is 1310. The lowest BCUT2D eigenvalue weighted by atomic mass is 10.1. The third-order valence-corrected chi connectivity index (χ3v) is 7.72. The molecule has 37 heavy (non-hydrogen) atoms. The molecule has 1 atom stereocenters. The van der Waals surface area contributed by atoms with E-state index >= 15 is 0 Å². The predicted molar refractivity (Wildman–Crippen MR) is 137 cm³/mol. The van der Waals surface area contributed by atoms with Crippen LogP contribution in [0.1, 0.15) is 28.4 Å². The molecule has 0 aliphatic heterocycles. The van der Waals surface area contributed by atoms with Gasteiger partial charge in [-0.2, -0.15) is 0 Å².